The highest BCUT2D eigenvalue weighted by atomic mass is 35.5. The number of hydrogen-bond donors (Lipinski definition) is 1. The second kappa shape index (κ2) is 7.61. The van der Waals surface area contributed by atoms with E-state index < -0.39 is 5.91 Å². The number of nitrogens with two attached hydrogens (primary N) is 1. The van der Waals surface area contributed by atoms with Crippen LogP contribution in [0, 0.1) is 0 Å². The van der Waals surface area contributed by atoms with Gasteiger partial charge in [-0.25, -0.2) is 0 Å². The number of carbonyl (C=O) groups excluding carboxylic acids is 2. The van der Waals surface area contributed by atoms with Crippen molar-refractivity contribution in [2.45, 2.75) is 25.4 Å². The van der Waals surface area contributed by atoms with Crippen molar-refractivity contribution in [3.63, 3.8) is 0 Å². The van der Waals surface area contributed by atoms with Crippen molar-refractivity contribution >= 4 is 23.4 Å². The van der Waals surface area contributed by atoms with Crippen molar-refractivity contribution in [1.29, 1.82) is 0 Å². The number of carbonyl (C=O) groups is 2. The first-order valence-corrected chi connectivity index (χ1v) is 8.47. The summed E-state index contributed by atoms with van der Waals surface area (Å²) >= 11 is 6.13. The summed E-state index contributed by atoms with van der Waals surface area (Å²) in [6, 6.07) is 8.84. The highest BCUT2D eigenvalue weighted by Gasteiger charge is 2.28. The van der Waals surface area contributed by atoms with Crippen LogP contribution in [0.4, 0.5) is 0 Å². The Hall–Kier alpha value is -2.47. The van der Waals surface area contributed by atoms with Gasteiger partial charge in [-0.2, -0.15) is 0 Å². The summed E-state index contributed by atoms with van der Waals surface area (Å²) in [6.45, 7) is 1.08. The van der Waals surface area contributed by atoms with E-state index in [0.717, 1.165) is 12.8 Å². The summed E-state index contributed by atoms with van der Waals surface area (Å²) in [7, 11) is 0. The van der Waals surface area contributed by atoms with Crippen LogP contribution < -0.4 is 10.5 Å². The quantitative estimate of drug-likeness (QED) is 0.885. The molecule has 25 heavy (non-hydrogen) atoms. The fourth-order valence-corrected chi connectivity index (χ4v) is 3.12. The molecule has 1 aromatic carbocycles. The van der Waals surface area contributed by atoms with Crippen LogP contribution in [-0.2, 0) is 11.2 Å². The molecule has 6 nitrogen and oxygen atoms in total. The minimum Gasteiger partial charge on any atom is -0.487 e. The number of piperidine rings is 1. The van der Waals surface area contributed by atoms with Gasteiger partial charge in [0.25, 0.3) is 5.91 Å². The smallest absolute Gasteiger partial charge is 0.257 e. The van der Waals surface area contributed by atoms with Gasteiger partial charge in [0, 0.05) is 6.54 Å². The maximum absolute atomic E-state index is 12.8. The molecule has 7 heteroatoms. The average Bonchev–Trinajstić information content (AvgIpc) is 3.04. The number of amides is 2. The van der Waals surface area contributed by atoms with Gasteiger partial charge in [0.05, 0.1) is 29.8 Å². The molecule has 1 fully saturated rings. The number of hydrogen-bond acceptors (Lipinski definition) is 4. The van der Waals surface area contributed by atoms with Crippen LogP contribution in [0.2, 0.25) is 5.02 Å². The number of rotatable bonds is 5. The fraction of sp³-hybridized carbons (Fsp3) is 0.333. The number of para-hydroxylation sites is 1. The van der Waals surface area contributed by atoms with Crippen LogP contribution in [0.25, 0.3) is 0 Å². The Morgan fingerprint density at radius 3 is 2.88 bits per heavy atom. The van der Waals surface area contributed by atoms with Gasteiger partial charge in [-0.3, -0.25) is 9.59 Å². The zero-order valence-electron chi connectivity index (χ0n) is 13.6. The Balaban J connectivity index is 1.69. The Kier molecular flexibility index (Phi) is 5.28. The number of primary amides is 1. The molecule has 0 bridgehead atoms. The van der Waals surface area contributed by atoms with Gasteiger partial charge in [-0.05, 0) is 31.0 Å². The van der Waals surface area contributed by atoms with Gasteiger partial charge in [-0.15, -0.1) is 0 Å². The lowest BCUT2D eigenvalue weighted by Crippen LogP contribution is -2.44. The number of benzene rings is 1. The number of likely N-dealkylation sites (tertiary alicyclic amines) is 1. The van der Waals surface area contributed by atoms with Crippen LogP contribution in [0.1, 0.15) is 29.0 Å². The molecule has 1 unspecified atom stereocenters. The molecule has 1 saturated heterocycles. The molecule has 2 aromatic rings. The lowest BCUT2D eigenvalue weighted by Gasteiger charge is -2.33. The number of ether oxygens (including phenoxy) is 1. The van der Waals surface area contributed by atoms with Crippen LogP contribution in [-0.4, -0.2) is 35.9 Å². The summed E-state index contributed by atoms with van der Waals surface area (Å²) in [4.78, 5) is 25.6. The highest BCUT2D eigenvalue weighted by Crippen LogP contribution is 2.27. The predicted octanol–water partition coefficient (Wildman–Crippen LogP) is 2.64. The molecule has 1 aromatic heterocycles. The summed E-state index contributed by atoms with van der Waals surface area (Å²) in [6.07, 6.45) is 2.83. The molecule has 1 aliphatic rings. The van der Waals surface area contributed by atoms with E-state index in [0.29, 0.717) is 35.2 Å². The molecule has 0 radical (unpaired) electrons. The summed E-state index contributed by atoms with van der Waals surface area (Å²) in [5.41, 5.74) is 5.57. The minimum absolute atomic E-state index is 0.0958. The number of halogens is 1. The van der Waals surface area contributed by atoms with Gasteiger partial charge in [0.15, 0.2) is 0 Å². The van der Waals surface area contributed by atoms with Crippen LogP contribution in [0.15, 0.2) is 41.0 Å². The lowest BCUT2D eigenvalue weighted by atomic mass is 10.1. The highest BCUT2D eigenvalue weighted by molar-refractivity contribution is 6.32. The van der Waals surface area contributed by atoms with Crippen molar-refractivity contribution in [2.75, 3.05) is 13.1 Å². The second-order valence-electron chi connectivity index (χ2n) is 5.96. The Morgan fingerprint density at radius 1 is 1.32 bits per heavy atom. The van der Waals surface area contributed by atoms with E-state index in [9.17, 15) is 9.59 Å². The Morgan fingerprint density at radius 2 is 2.12 bits per heavy atom. The molecule has 2 amide bonds. The third kappa shape index (κ3) is 4.14. The second-order valence-corrected chi connectivity index (χ2v) is 6.37. The average molecular weight is 363 g/mol. The lowest BCUT2D eigenvalue weighted by molar-refractivity contribution is -0.117. The predicted molar refractivity (Wildman–Crippen MR) is 92.6 cm³/mol. The van der Waals surface area contributed by atoms with E-state index in [-0.39, 0.29) is 18.4 Å². The third-order valence-corrected chi connectivity index (χ3v) is 4.42. The normalized spacial score (nSPS) is 17.3. The molecule has 2 N–H and O–H groups in total. The van der Waals surface area contributed by atoms with Gasteiger partial charge in [0.2, 0.25) is 5.91 Å². The van der Waals surface area contributed by atoms with Crippen molar-refractivity contribution in [1.82, 2.24) is 4.90 Å². The third-order valence-electron chi connectivity index (χ3n) is 4.11. The van der Waals surface area contributed by atoms with Crippen molar-refractivity contribution in [3.05, 3.63) is 52.9 Å². The molecule has 132 valence electrons. The first-order valence-electron chi connectivity index (χ1n) is 8.09. The molecule has 0 saturated carbocycles. The van der Waals surface area contributed by atoms with Gasteiger partial charge in [0.1, 0.15) is 17.6 Å². The molecule has 2 heterocycles. The van der Waals surface area contributed by atoms with Crippen molar-refractivity contribution < 1.29 is 18.7 Å². The zero-order chi connectivity index (χ0) is 17.8. The van der Waals surface area contributed by atoms with Crippen molar-refractivity contribution in [2.24, 2.45) is 5.73 Å². The fourth-order valence-electron chi connectivity index (χ4n) is 2.94. The topological polar surface area (TPSA) is 85.8 Å². The van der Waals surface area contributed by atoms with Gasteiger partial charge in [-0.1, -0.05) is 23.7 Å². The van der Waals surface area contributed by atoms with Gasteiger partial charge >= 0.3 is 0 Å². The first kappa shape index (κ1) is 17.4. The number of furan rings is 1. The van der Waals surface area contributed by atoms with Gasteiger partial charge < -0.3 is 19.8 Å². The molecule has 1 atom stereocenters. The Labute approximate surface area is 150 Å². The first-order chi connectivity index (χ1) is 12.0. The van der Waals surface area contributed by atoms with E-state index in [1.807, 2.05) is 18.2 Å². The monoisotopic (exact) mass is 362 g/mol. The Bertz CT molecular complexity index is 774. The SMILES string of the molecule is NC(=O)Cc1occc1C(=O)N1CCCC(Oc2ccccc2Cl)C1. The number of nitrogens with zero attached hydrogens (tertiary/aromatic N) is 1. The molecule has 0 aliphatic carbocycles. The molecular weight excluding hydrogens is 344 g/mol. The molecule has 1 aliphatic heterocycles. The van der Waals surface area contributed by atoms with E-state index in [1.54, 1.807) is 17.0 Å². The maximum atomic E-state index is 12.8. The van der Waals surface area contributed by atoms with E-state index >= 15 is 0 Å². The molecule has 3 rings (SSSR count). The van der Waals surface area contributed by atoms with Crippen molar-refractivity contribution in [3.8, 4) is 5.75 Å². The van der Waals surface area contributed by atoms with Crippen LogP contribution in [0.3, 0.4) is 0 Å². The maximum Gasteiger partial charge on any atom is 0.257 e. The standard InChI is InChI=1S/C18H19ClN2O4/c19-14-5-1-2-6-15(14)25-12-4-3-8-21(11-12)18(23)13-7-9-24-16(13)10-17(20)22/h1-2,5-7,9,12H,3-4,8,10-11H2,(H2,20,22). The molecule has 0 spiro atoms. The van der Waals surface area contributed by atoms with E-state index in [4.69, 9.17) is 26.5 Å². The van der Waals surface area contributed by atoms with E-state index in [1.165, 1.54) is 6.26 Å². The zero-order valence-corrected chi connectivity index (χ0v) is 14.4. The summed E-state index contributed by atoms with van der Waals surface area (Å²) < 4.78 is 11.2. The van der Waals surface area contributed by atoms with Crippen LogP contribution in [0.5, 0.6) is 5.75 Å². The van der Waals surface area contributed by atoms with Crippen LogP contribution >= 0.6 is 11.6 Å². The summed E-state index contributed by atoms with van der Waals surface area (Å²) in [5, 5.41) is 0.546. The summed E-state index contributed by atoms with van der Waals surface area (Å²) in [5.74, 6) is 0.188. The van der Waals surface area contributed by atoms with E-state index in [2.05, 4.69) is 0 Å². The largest absolute Gasteiger partial charge is 0.487 e. The minimum atomic E-state index is -0.539. The molecular formula is C18H19ClN2O4.